The quantitative estimate of drug-likeness (QED) is 0.715. The smallest absolute Gasteiger partial charge is 0.300 e. The Morgan fingerprint density at radius 2 is 1.50 bits per heavy atom. The van der Waals surface area contributed by atoms with E-state index in [1.807, 2.05) is 0 Å². The Morgan fingerprint density at radius 1 is 0.938 bits per heavy atom. The fraction of sp³-hybridized carbons (Fsp3) is 0.800. The fourth-order valence-electron chi connectivity index (χ4n) is 1.20. The van der Waals surface area contributed by atoms with Crippen LogP contribution in [-0.4, -0.2) is 35.1 Å². The highest BCUT2D eigenvalue weighted by Crippen LogP contribution is 2.12. The van der Waals surface area contributed by atoms with Gasteiger partial charge in [-0.1, -0.05) is 0 Å². The van der Waals surface area contributed by atoms with E-state index in [1.165, 1.54) is 0 Å². The molecule has 0 aromatic rings. The van der Waals surface area contributed by atoms with Crippen LogP contribution in [0, 0.1) is 0 Å². The molecule has 1 aliphatic rings. The van der Waals surface area contributed by atoms with Crippen LogP contribution in [0.15, 0.2) is 9.98 Å². The Morgan fingerprint density at radius 3 is 2.00 bits per heavy atom. The van der Waals surface area contributed by atoms with E-state index in [-0.39, 0.29) is 0 Å². The molecule has 1 rings (SSSR count). The molecule has 0 aromatic carbocycles. The topological polar surface area (TPSA) is 43.2 Å². The van der Waals surface area contributed by atoms with Gasteiger partial charge in [-0.25, -0.2) is 4.99 Å². The first-order valence-corrected chi connectivity index (χ1v) is 12.5. The molecule has 1 heterocycles. The van der Waals surface area contributed by atoms with Crippen LogP contribution in [0.25, 0.3) is 0 Å². The average Bonchev–Trinajstić information content (AvgIpc) is 1.96. The molecule has 0 fully saturated rings. The van der Waals surface area contributed by atoms with Crippen molar-refractivity contribution in [3.63, 3.8) is 0 Å². The third-order valence-electron chi connectivity index (χ3n) is 1.61. The summed E-state index contributed by atoms with van der Waals surface area (Å²) in [5, 5.41) is 0. The van der Waals surface area contributed by atoms with Crippen LogP contribution in [0.4, 0.5) is 0 Å². The predicted molar refractivity (Wildman–Crippen MR) is 73.2 cm³/mol. The van der Waals surface area contributed by atoms with Crippen molar-refractivity contribution in [3.05, 3.63) is 0 Å². The van der Waals surface area contributed by atoms with E-state index >= 15 is 0 Å². The Bertz CT molecular complexity index is 314. The molecule has 4 nitrogen and oxygen atoms in total. The van der Waals surface area contributed by atoms with Gasteiger partial charge in [-0.2, -0.15) is 4.99 Å². The van der Waals surface area contributed by atoms with Gasteiger partial charge in [-0.15, -0.1) is 0 Å². The van der Waals surface area contributed by atoms with E-state index < -0.39 is 16.6 Å². The lowest BCUT2D eigenvalue weighted by molar-refractivity contribution is 0.503. The zero-order valence-corrected chi connectivity index (χ0v) is 13.1. The molecule has 0 amide bonds. The van der Waals surface area contributed by atoms with E-state index in [4.69, 9.17) is 8.85 Å². The monoisotopic (exact) mass is 258 g/mol. The molecule has 6 heteroatoms. The summed E-state index contributed by atoms with van der Waals surface area (Å²) >= 11 is 0. The van der Waals surface area contributed by atoms with Gasteiger partial charge < -0.3 is 8.85 Å². The highest BCUT2D eigenvalue weighted by molar-refractivity contribution is 6.72. The number of aliphatic imine (C=N–C) groups is 2. The van der Waals surface area contributed by atoms with E-state index in [0.717, 1.165) is 18.9 Å². The molecule has 0 saturated heterocycles. The molecule has 0 unspecified atom stereocenters. The molecular formula is C10H22N2O2Si2. The van der Waals surface area contributed by atoms with Crippen molar-refractivity contribution in [2.24, 2.45) is 9.98 Å². The lowest BCUT2D eigenvalue weighted by Gasteiger charge is -2.24. The molecule has 0 aromatic heterocycles. The molecule has 92 valence electrons. The molecule has 0 atom stereocenters. The van der Waals surface area contributed by atoms with Crippen LogP contribution in [0.5, 0.6) is 0 Å². The lowest BCUT2D eigenvalue weighted by Crippen LogP contribution is -2.34. The Kier molecular flexibility index (Phi) is 3.95. The van der Waals surface area contributed by atoms with Crippen LogP contribution in [0.2, 0.25) is 39.3 Å². The number of hydrogen-bond donors (Lipinski definition) is 0. The predicted octanol–water partition coefficient (Wildman–Crippen LogP) is 2.85. The second-order valence-electron chi connectivity index (χ2n) is 5.85. The van der Waals surface area contributed by atoms with Crippen LogP contribution in [-0.2, 0) is 8.85 Å². The van der Waals surface area contributed by atoms with E-state index in [0.29, 0.717) is 6.02 Å². The van der Waals surface area contributed by atoms with Crippen molar-refractivity contribution in [1.29, 1.82) is 0 Å². The second-order valence-corrected chi connectivity index (χ2v) is 14.7. The van der Waals surface area contributed by atoms with Crippen molar-refractivity contribution in [2.45, 2.75) is 45.7 Å². The van der Waals surface area contributed by atoms with Crippen molar-refractivity contribution < 1.29 is 8.85 Å². The van der Waals surface area contributed by atoms with E-state index in [2.05, 4.69) is 49.3 Å². The summed E-state index contributed by atoms with van der Waals surface area (Å²) in [6, 6.07) is 0.513. The van der Waals surface area contributed by atoms with Gasteiger partial charge in [-0.05, 0) is 39.3 Å². The third kappa shape index (κ3) is 5.46. The maximum Gasteiger partial charge on any atom is 0.300 e. The summed E-state index contributed by atoms with van der Waals surface area (Å²) in [6.07, 6.45) is 0.794. The van der Waals surface area contributed by atoms with Gasteiger partial charge in [0.15, 0.2) is 5.90 Å². The normalized spacial score (nSPS) is 17.6. The molecular weight excluding hydrogens is 236 g/mol. The first kappa shape index (κ1) is 13.4. The van der Waals surface area contributed by atoms with Gasteiger partial charge in [0.05, 0.1) is 6.54 Å². The van der Waals surface area contributed by atoms with Gasteiger partial charge in [0.2, 0.25) is 16.6 Å². The minimum Gasteiger partial charge on any atom is -0.534 e. The molecule has 1 aliphatic heterocycles. The highest BCUT2D eigenvalue weighted by atomic mass is 28.4. The largest absolute Gasteiger partial charge is 0.534 e. The Balaban J connectivity index is 2.66. The van der Waals surface area contributed by atoms with Gasteiger partial charge >= 0.3 is 6.02 Å². The van der Waals surface area contributed by atoms with Crippen molar-refractivity contribution in [1.82, 2.24) is 0 Å². The van der Waals surface area contributed by atoms with Crippen molar-refractivity contribution in [2.75, 3.05) is 6.54 Å². The zero-order valence-electron chi connectivity index (χ0n) is 11.1. The van der Waals surface area contributed by atoms with E-state index in [1.54, 1.807) is 0 Å². The number of amidine groups is 1. The third-order valence-corrected chi connectivity index (χ3v) is 3.26. The molecule has 0 aliphatic carbocycles. The fourth-order valence-corrected chi connectivity index (χ4v) is 2.71. The molecule has 0 saturated carbocycles. The average molecular weight is 258 g/mol. The van der Waals surface area contributed by atoms with Gasteiger partial charge in [0.1, 0.15) is 0 Å². The zero-order chi connectivity index (χ0) is 12.4. The number of hydrogen-bond acceptors (Lipinski definition) is 4. The first-order chi connectivity index (χ1) is 7.16. The summed E-state index contributed by atoms with van der Waals surface area (Å²) in [6.45, 7) is 13.6. The highest BCUT2D eigenvalue weighted by Gasteiger charge is 2.23. The summed E-state index contributed by atoms with van der Waals surface area (Å²) in [5.41, 5.74) is 0. The lowest BCUT2D eigenvalue weighted by atomic mass is 10.4. The Labute approximate surface area is 100 Å². The molecule has 0 spiro atoms. The molecule has 0 N–H and O–H groups in total. The van der Waals surface area contributed by atoms with Crippen LogP contribution < -0.4 is 0 Å². The summed E-state index contributed by atoms with van der Waals surface area (Å²) < 4.78 is 11.6. The Hall–Kier alpha value is -0.626. The summed E-state index contributed by atoms with van der Waals surface area (Å²) in [5.74, 6) is 0.794. The molecule has 0 bridgehead atoms. The van der Waals surface area contributed by atoms with Crippen molar-refractivity contribution >= 4 is 28.6 Å². The van der Waals surface area contributed by atoms with Gasteiger partial charge in [0.25, 0.3) is 0 Å². The van der Waals surface area contributed by atoms with Gasteiger partial charge in [-0.3, -0.25) is 0 Å². The molecule has 0 radical (unpaired) electrons. The van der Waals surface area contributed by atoms with Crippen molar-refractivity contribution in [3.8, 4) is 0 Å². The first-order valence-electron chi connectivity index (χ1n) is 5.66. The van der Waals surface area contributed by atoms with E-state index in [9.17, 15) is 0 Å². The van der Waals surface area contributed by atoms with Crippen LogP contribution in [0.1, 0.15) is 6.42 Å². The van der Waals surface area contributed by atoms with Crippen LogP contribution in [0.3, 0.4) is 0 Å². The van der Waals surface area contributed by atoms with Gasteiger partial charge in [0, 0.05) is 6.42 Å². The minimum atomic E-state index is -1.61. The maximum atomic E-state index is 5.87. The number of rotatable bonds is 2. The second kappa shape index (κ2) is 4.71. The maximum absolute atomic E-state index is 5.87. The SMILES string of the molecule is C[Si](C)(C)OC1=NC(O[Si](C)(C)C)=NCC1. The van der Waals surface area contributed by atoms with Crippen LogP contribution >= 0.6 is 0 Å². The summed E-state index contributed by atoms with van der Waals surface area (Å²) in [4.78, 5) is 8.62. The minimum absolute atomic E-state index is 0.513. The molecule has 16 heavy (non-hydrogen) atoms. The number of nitrogens with zero attached hydrogens (tertiary/aromatic N) is 2. The standard InChI is InChI=1S/C10H22N2O2Si2/c1-15(2,3)13-9-7-8-11-10(12-9)14-16(4,5)6/h7-8H2,1-6H3. The summed E-state index contributed by atoms with van der Waals surface area (Å²) in [7, 11) is -3.18.